The Hall–Kier alpha value is -1.51. The van der Waals surface area contributed by atoms with Crippen molar-refractivity contribution in [2.24, 2.45) is 5.92 Å². The average molecular weight is 260 g/mol. The fraction of sp³-hybridized carbons (Fsp3) is 0.562. The van der Waals surface area contributed by atoms with Crippen LogP contribution in [0, 0.1) is 12.8 Å². The first-order valence-electron chi connectivity index (χ1n) is 7.33. The molecule has 0 aromatic heterocycles. The van der Waals surface area contributed by atoms with Gasteiger partial charge in [0.05, 0.1) is 0 Å². The molecule has 0 atom stereocenters. The predicted molar refractivity (Wildman–Crippen MR) is 79.6 cm³/mol. The highest BCUT2D eigenvalue weighted by Crippen LogP contribution is 2.25. The Kier molecular flexibility index (Phi) is 4.83. The monoisotopic (exact) mass is 260 g/mol. The van der Waals surface area contributed by atoms with E-state index in [0.29, 0.717) is 6.54 Å². The number of rotatable bonds is 5. The molecule has 0 bridgehead atoms. The van der Waals surface area contributed by atoms with Crippen molar-refractivity contribution in [2.45, 2.75) is 39.5 Å². The van der Waals surface area contributed by atoms with E-state index in [9.17, 15) is 4.79 Å². The zero-order valence-electron chi connectivity index (χ0n) is 12.0. The van der Waals surface area contributed by atoms with Crippen LogP contribution in [0.1, 0.15) is 48.5 Å². The lowest BCUT2D eigenvalue weighted by molar-refractivity contribution is 0.0956. The number of hydrogen-bond donors (Lipinski definition) is 2. The zero-order valence-corrected chi connectivity index (χ0v) is 12.0. The number of aryl methyl sites for hydroxylation is 1. The van der Waals surface area contributed by atoms with E-state index in [1.165, 1.54) is 25.7 Å². The third-order valence-electron chi connectivity index (χ3n) is 3.88. The fourth-order valence-corrected chi connectivity index (χ4v) is 2.73. The Balaban J connectivity index is 1.96. The zero-order chi connectivity index (χ0) is 13.7. The summed E-state index contributed by atoms with van der Waals surface area (Å²) in [6.07, 6.45) is 5.45. The summed E-state index contributed by atoms with van der Waals surface area (Å²) >= 11 is 0. The molecule has 19 heavy (non-hydrogen) atoms. The van der Waals surface area contributed by atoms with Crippen molar-refractivity contribution in [1.82, 2.24) is 5.32 Å². The molecule has 1 aromatic carbocycles. The summed E-state index contributed by atoms with van der Waals surface area (Å²) in [7, 11) is 0. The molecule has 1 aliphatic rings. The summed E-state index contributed by atoms with van der Waals surface area (Å²) in [5, 5.41) is 6.35. The van der Waals surface area contributed by atoms with E-state index in [4.69, 9.17) is 0 Å². The Labute approximate surface area is 115 Å². The molecule has 1 aliphatic carbocycles. The third kappa shape index (κ3) is 3.72. The number of amides is 1. The van der Waals surface area contributed by atoms with E-state index in [-0.39, 0.29) is 5.91 Å². The molecule has 0 radical (unpaired) electrons. The van der Waals surface area contributed by atoms with E-state index < -0.39 is 0 Å². The predicted octanol–water partition coefficient (Wildman–Crippen LogP) is 3.35. The van der Waals surface area contributed by atoms with Crippen molar-refractivity contribution >= 4 is 11.6 Å². The summed E-state index contributed by atoms with van der Waals surface area (Å²) in [5.41, 5.74) is 3.03. The molecule has 3 nitrogen and oxygen atoms in total. The van der Waals surface area contributed by atoms with Crippen LogP contribution in [0.4, 0.5) is 5.69 Å². The molecule has 2 N–H and O–H groups in total. The van der Waals surface area contributed by atoms with Crippen molar-refractivity contribution in [2.75, 3.05) is 18.4 Å². The molecular weight excluding hydrogens is 236 g/mol. The standard InChI is InChI=1S/C16H24N2O/c1-3-17-16(19)14-8-9-15(12(2)10-14)18-11-13-6-4-5-7-13/h8-10,13,18H,3-7,11H2,1-2H3,(H,17,19). The molecule has 0 spiro atoms. The van der Waals surface area contributed by atoms with Crippen molar-refractivity contribution < 1.29 is 4.79 Å². The molecule has 3 heteroatoms. The number of carbonyl (C=O) groups is 1. The van der Waals surface area contributed by atoms with Gasteiger partial charge in [0, 0.05) is 24.3 Å². The summed E-state index contributed by atoms with van der Waals surface area (Å²) < 4.78 is 0. The number of benzene rings is 1. The van der Waals surface area contributed by atoms with Crippen molar-refractivity contribution in [3.8, 4) is 0 Å². The summed E-state index contributed by atoms with van der Waals surface area (Å²) in [6.45, 7) is 5.71. The van der Waals surface area contributed by atoms with E-state index >= 15 is 0 Å². The summed E-state index contributed by atoms with van der Waals surface area (Å²) in [4.78, 5) is 11.7. The summed E-state index contributed by atoms with van der Waals surface area (Å²) in [6, 6.07) is 5.88. The third-order valence-corrected chi connectivity index (χ3v) is 3.88. The maximum absolute atomic E-state index is 11.7. The Morgan fingerprint density at radius 2 is 2.05 bits per heavy atom. The van der Waals surface area contributed by atoms with Crippen molar-refractivity contribution in [3.63, 3.8) is 0 Å². The molecule has 1 saturated carbocycles. The van der Waals surface area contributed by atoms with E-state index in [1.54, 1.807) is 0 Å². The minimum atomic E-state index is 0.00735. The van der Waals surface area contributed by atoms with Crippen LogP contribution in [0.2, 0.25) is 0 Å². The van der Waals surface area contributed by atoms with Gasteiger partial charge in [0.1, 0.15) is 0 Å². The smallest absolute Gasteiger partial charge is 0.251 e. The molecule has 0 unspecified atom stereocenters. The SMILES string of the molecule is CCNC(=O)c1ccc(NCC2CCCC2)c(C)c1. The molecule has 2 rings (SSSR count). The van der Waals surface area contributed by atoms with Crippen LogP contribution < -0.4 is 10.6 Å². The van der Waals surface area contributed by atoms with Gasteiger partial charge in [0.2, 0.25) is 0 Å². The average Bonchev–Trinajstić information content (AvgIpc) is 2.90. The van der Waals surface area contributed by atoms with E-state index in [0.717, 1.165) is 29.3 Å². The van der Waals surface area contributed by atoms with Gasteiger partial charge >= 0.3 is 0 Å². The van der Waals surface area contributed by atoms with Crippen LogP contribution >= 0.6 is 0 Å². The second-order valence-electron chi connectivity index (χ2n) is 5.42. The lowest BCUT2D eigenvalue weighted by atomic mass is 10.1. The number of anilines is 1. The Morgan fingerprint density at radius 3 is 2.68 bits per heavy atom. The first-order valence-corrected chi connectivity index (χ1v) is 7.33. The second kappa shape index (κ2) is 6.60. The number of carbonyl (C=O) groups excluding carboxylic acids is 1. The van der Waals surface area contributed by atoms with Crippen molar-refractivity contribution in [3.05, 3.63) is 29.3 Å². The fourth-order valence-electron chi connectivity index (χ4n) is 2.73. The van der Waals surface area contributed by atoms with Gasteiger partial charge in [-0.1, -0.05) is 12.8 Å². The van der Waals surface area contributed by atoms with Gasteiger partial charge in [-0.25, -0.2) is 0 Å². The molecular formula is C16H24N2O. The largest absolute Gasteiger partial charge is 0.385 e. The second-order valence-corrected chi connectivity index (χ2v) is 5.42. The molecule has 0 aliphatic heterocycles. The van der Waals surface area contributed by atoms with Gasteiger partial charge in [0.15, 0.2) is 0 Å². The normalized spacial score (nSPS) is 15.5. The first kappa shape index (κ1) is 13.9. The Morgan fingerprint density at radius 1 is 1.32 bits per heavy atom. The Bertz CT molecular complexity index is 436. The molecule has 0 saturated heterocycles. The van der Waals surface area contributed by atoms with Gasteiger partial charge in [-0.2, -0.15) is 0 Å². The van der Waals surface area contributed by atoms with Gasteiger partial charge in [-0.05, 0) is 56.4 Å². The molecule has 1 fully saturated rings. The van der Waals surface area contributed by atoms with Gasteiger partial charge in [-0.15, -0.1) is 0 Å². The van der Waals surface area contributed by atoms with Crippen LogP contribution in [0.5, 0.6) is 0 Å². The lowest BCUT2D eigenvalue weighted by Crippen LogP contribution is -2.22. The van der Waals surface area contributed by atoms with Gasteiger partial charge < -0.3 is 10.6 Å². The van der Waals surface area contributed by atoms with E-state index in [1.807, 2.05) is 25.1 Å². The highest BCUT2D eigenvalue weighted by atomic mass is 16.1. The molecule has 1 aromatic rings. The minimum absolute atomic E-state index is 0.00735. The van der Waals surface area contributed by atoms with E-state index in [2.05, 4.69) is 17.6 Å². The quantitative estimate of drug-likeness (QED) is 0.852. The van der Waals surface area contributed by atoms with Gasteiger partial charge in [-0.3, -0.25) is 4.79 Å². The number of nitrogens with one attached hydrogen (secondary N) is 2. The maximum atomic E-state index is 11.7. The van der Waals surface area contributed by atoms with Gasteiger partial charge in [0.25, 0.3) is 5.91 Å². The molecule has 1 amide bonds. The molecule has 104 valence electrons. The lowest BCUT2D eigenvalue weighted by Gasteiger charge is -2.14. The number of hydrogen-bond acceptors (Lipinski definition) is 2. The maximum Gasteiger partial charge on any atom is 0.251 e. The summed E-state index contributed by atoms with van der Waals surface area (Å²) in [5.74, 6) is 0.829. The van der Waals surface area contributed by atoms with Crippen LogP contribution in [0.25, 0.3) is 0 Å². The van der Waals surface area contributed by atoms with Crippen LogP contribution in [-0.2, 0) is 0 Å². The van der Waals surface area contributed by atoms with Crippen LogP contribution in [0.3, 0.4) is 0 Å². The van der Waals surface area contributed by atoms with Crippen LogP contribution in [0.15, 0.2) is 18.2 Å². The molecule has 0 heterocycles. The minimum Gasteiger partial charge on any atom is -0.385 e. The highest BCUT2D eigenvalue weighted by molar-refractivity contribution is 5.94. The topological polar surface area (TPSA) is 41.1 Å². The van der Waals surface area contributed by atoms with Crippen molar-refractivity contribution in [1.29, 1.82) is 0 Å². The highest BCUT2D eigenvalue weighted by Gasteiger charge is 2.15. The van der Waals surface area contributed by atoms with Crippen LogP contribution in [-0.4, -0.2) is 19.0 Å². The first-order chi connectivity index (χ1) is 9.20.